The standard InChI is InChI=1S/C20H26N2O2S.CH2O2/c23-19(11-6-15-4-2-1-3-5-15)21-17-9-7-16(8-10-17)20(24)22-18-12-13-25-14-18;2-1-3/h1-6,11,16-18H,7-10,12-14H2,(H,21,23)(H,22,24);1H,(H,2,3)/b11-6+;. The van der Waals surface area contributed by atoms with Gasteiger partial charge in [-0.1, -0.05) is 30.3 Å². The van der Waals surface area contributed by atoms with Crippen molar-refractivity contribution in [1.82, 2.24) is 10.6 Å². The zero-order valence-corrected chi connectivity index (χ0v) is 16.7. The van der Waals surface area contributed by atoms with Crippen LogP contribution in [0.2, 0.25) is 0 Å². The van der Waals surface area contributed by atoms with Gasteiger partial charge < -0.3 is 15.7 Å². The highest BCUT2D eigenvalue weighted by Gasteiger charge is 2.28. The average molecular weight is 405 g/mol. The van der Waals surface area contributed by atoms with Crippen molar-refractivity contribution in [1.29, 1.82) is 0 Å². The Labute approximate surface area is 170 Å². The summed E-state index contributed by atoms with van der Waals surface area (Å²) in [4.78, 5) is 32.7. The first-order valence-corrected chi connectivity index (χ1v) is 10.8. The van der Waals surface area contributed by atoms with Gasteiger partial charge in [0.2, 0.25) is 11.8 Å². The second-order valence-electron chi connectivity index (χ2n) is 6.98. The summed E-state index contributed by atoms with van der Waals surface area (Å²) in [6.07, 6.45) is 7.98. The predicted octanol–water partition coefficient (Wildman–Crippen LogP) is 2.70. The molecule has 1 saturated carbocycles. The van der Waals surface area contributed by atoms with E-state index in [1.807, 2.05) is 48.2 Å². The zero-order chi connectivity index (χ0) is 20.2. The third-order valence-electron chi connectivity index (χ3n) is 4.95. The van der Waals surface area contributed by atoms with Crippen molar-refractivity contribution in [3.63, 3.8) is 0 Å². The van der Waals surface area contributed by atoms with Crippen molar-refractivity contribution >= 4 is 36.1 Å². The Balaban J connectivity index is 0.000000878. The van der Waals surface area contributed by atoms with Gasteiger partial charge in [0.05, 0.1) is 0 Å². The number of hydrogen-bond donors (Lipinski definition) is 3. The number of carbonyl (C=O) groups excluding carboxylic acids is 2. The first kappa shape index (κ1) is 22.0. The molecule has 1 aliphatic heterocycles. The second kappa shape index (κ2) is 12.2. The van der Waals surface area contributed by atoms with Gasteiger partial charge in [0.15, 0.2) is 0 Å². The number of carbonyl (C=O) groups is 3. The number of nitrogens with one attached hydrogen (secondary N) is 2. The number of hydrogen-bond acceptors (Lipinski definition) is 4. The Morgan fingerprint density at radius 3 is 2.29 bits per heavy atom. The summed E-state index contributed by atoms with van der Waals surface area (Å²) in [5, 5.41) is 13.1. The molecule has 2 aliphatic rings. The van der Waals surface area contributed by atoms with E-state index in [0.29, 0.717) is 6.04 Å². The molecular weight excluding hydrogens is 376 g/mol. The topological polar surface area (TPSA) is 95.5 Å². The molecule has 1 aliphatic carbocycles. The van der Waals surface area contributed by atoms with Crippen LogP contribution in [0.1, 0.15) is 37.7 Å². The van der Waals surface area contributed by atoms with Crippen molar-refractivity contribution in [3.05, 3.63) is 42.0 Å². The smallest absolute Gasteiger partial charge is 0.290 e. The van der Waals surface area contributed by atoms with Gasteiger partial charge in [0.25, 0.3) is 6.47 Å². The second-order valence-corrected chi connectivity index (χ2v) is 8.13. The van der Waals surface area contributed by atoms with E-state index in [1.54, 1.807) is 6.08 Å². The van der Waals surface area contributed by atoms with Crippen molar-refractivity contribution in [2.24, 2.45) is 5.92 Å². The number of carboxylic acid groups (broad SMARTS) is 1. The van der Waals surface area contributed by atoms with Gasteiger partial charge in [-0.2, -0.15) is 11.8 Å². The largest absolute Gasteiger partial charge is 0.483 e. The van der Waals surface area contributed by atoms with Crippen LogP contribution in [-0.2, 0) is 14.4 Å². The number of benzene rings is 1. The summed E-state index contributed by atoms with van der Waals surface area (Å²) >= 11 is 1.91. The SMILES string of the molecule is O=C(/C=C/c1ccccc1)NC1CCC(C(=O)NC2CCSC2)CC1.O=CO. The molecule has 7 heteroatoms. The molecule has 2 fully saturated rings. The number of thioether (sulfide) groups is 1. The van der Waals surface area contributed by atoms with Crippen LogP contribution in [0, 0.1) is 5.92 Å². The summed E-state index contributed by atoms with van der Waals surface area (Å²) in [7, 11) is 0. The number of rotatable bonds is 5. The fourth-order valence-corrected chi connectivity index (χ4v) is 4.61. The minimum atomic E-state index is -0.250. The Hall–Kier alpha value is -2.28. The van der Waals surface area contributed by atoms with Crippen LogP contribution in [0.25, 0.3) is 6.08 Å². The fourth-order valence-electron chi connectivity index (χ4n) is 3.45. The highest BCUT2D eigenvalue weighted by atomic mass is 32.2. The molecule has 28 heavy (non-hydrogen) atoms. The molecule has 1 heterocycles. The lowest BCUT2D eigenvalue weighted by molar-refractivity contribution is -0.126. The molecule has 152 valence electrons. The molecule has 6 nitrogen and oxygen atoms in total. The summed E-state index contributed by atoms with van der Waals surface area (Å²) in [5.41, 5.74) is 1.02. The third kappa shape index (κ3) is 7.76. The molecule has 1 atom stereocenters. The highest BCUT2D eigenvalue weighted by Crippen LogP contribution is 2.25. The Morgan fingerprint density at radius 1 is 1.00 bits per heavy atom. The maximum atomic E-state index is 12.3. The van der Waals surface area contributed by atoms with Crippen LogP contribution in [0.4, 0.5) is 0 Å². The molecule has 2 amide bonds. The molecule has 1 aromatic rings. The maximum absolute atomic E-state index is 12.3. The van der Waals surface area contributed by atoms with E-state index < -0.39 is 0 Å². The monoisotopic (exact) mass is 404 g/mol. The van der Waals surface area contributed by atoms with Gasteiger partial charge in [-0.25, -0.2) is 0 Å². The number of amides is 2. The van der Waals surface area contributed by atoms with Crippen molar-refractivity contribution in [2.45, 2.75) is 44.2 Å². The van der Waals surface area contributed by atoms with E-state index >= 15 is 0 Å². The average Bonchev–Trinajstić information content (AvgIpc) is 3.21. The van der Waals surface area contributed by atoms with E-state index in [0.717, 1.165) is 49.2 Å². The van der Waals surface area contributed by atoms with Gasteiger partial charge in [-0.3, -0.25) is 14.4 Å². The summed E-state index contributed by atoms with van der Waals surface area (Å²) < 4.78 is 0. The van der Waals surface area contributed by atoms with E-state index in [1.165, 1.54) is 0 Å². The quantitative estimate of drug-likeness (QED) is 0.518. The highest BCUT2D eigenvalue weighted by molar-refractivity contribution is 7.99. The van der Waals surface area contributed by atoms with Gasteiger partial charge in [-0.05, 0) is 49.5 Å². The van der Waals surface area contributed by atoms with Crippen LogP contribution in [-0.4, -0.2) is 47.0 Å². The Bertz CT molecular complexity index is 652. The first-order valence-electron chi connectivity index (χ1n) is 9.62. The molecular formula is C21H28N2O4S. The molecule has 3 rings (SSSR count). The van der Waals surface area contributed by atoms with Gasteiger partial charge in [0, 0.05) is 29.8 Å². The van der Waals surface area contributed by atoms with Crippen LogP contribution >= 0.6 is 11.8 Å². The molecule has 3 N–H and O–H groups in total. The molecule has 0 radical (unpaired) electrons. The van der Waals surface area contributed by atoms with Crippen LogP contribution in [0.5, 0.6) is 0 Å². The van der Waals surface area contributed by atoms with E-state index in [4.69, 9.17) is 9.90 Å². The van der Waals surface area contributed by atoms with E-state index in [-0.39, 0.29) is 30.2 Å². The third-order valence-corrected chi connectivity index (χ3v) is 6.11. The molecule has 0 spiro atoms. The van der Waals surface area contributed by atoms with Gasteiger partial charge in [-0.15, -0.1) is 0 Å². The normalized spacial score (nSPS) is 24.1. The van der Waals surface area contributed by atoms with Crippen molar-refractivity contribution in [2.75, 3.05) is 11.5 Å². The zero-order valence-electron chi connectivity index (χ0n) is 15.9. The fraction of sp³-hybridized carbons (Fsp3) is 0.476. The first-order chi connectivity index (χ1) is 13.6. The predicted molar refractivity (Wildman–Crippen MR) is 112 cm³/mol. The van der Waals surface area contributed by atoms with Crippen molar-refractivity contribution < 1.29 is 19.5 Å². The Morgan fingerprint density at radius 2 is 1.68 bits per heavy atom. The van der Waals surface area contributed by atoms with Crippen LogP contribution < -0.4 is 10.6 Å². The van der Waals surface area contributed by atoms with Crippen LogP contribution in [0.3, 0.4) is 0 Å². The summed E-state index contributed by atoms with van der Waals surface area (Å²) in [6.45, 7) is -0.250. The molecule has 1 saturated heterocycles. The summed E-state index contributed by atoms with van der Waals surface area (Å²) in [5.74, 6) is 2.46. The minimum absolute atomic E-state index is 0.0558. The molecule has 0 aromatic heterocycles. The maximum Gasteiger partial charge on any atom is 0.290 e. The van der Waals surface area contributed by atoms with E-state index in [9.17, 15) is 9.59 Å². The molecule has 1 unspecified atom stereocenters. The lowest BCUT2D eigenvalue weighted by Crippen LogP contribution is -2.43. The van der Waals surface area contributed by atoms with E-state index in [2.05, 4.69) is 10.6 Å². The van der Waals surface area contributed by atoms with Crippen molar-refractivity contribution in [3.8, 4) is 0 Å². The minimum Gasteiger partial charge on any atom is -0.483 e. The van der Waals surface area contributed by atoms with Gasteiger partial charge in [0.1, 0.15) is 0 Å². The lowest BCUT2D eigenvalue weighted by atomic mass is 9.85. The summed E-state index contributed by atoms with van der Waals surface area (Å²) in [6, 6.07) is 10.3. The van der Waals surface area contributed by atoms with Crippen LogP contribution in [0.15, 0.2) is 36.4 Å². The lowest BCUT2D eigenvalue weighted by Gasteiger charge is -2.28. The van der Waals surface area contributed by atoms with Gasteiger partial charge >= 0.3 is 0 Å². The Kier molecular flexibility index (Phi) is 9.62. The molecule has 0 bridgehead atoms. The molecule has 1 aromatic carbocycles.